The number of H-pyrrole nitrogens is 1. The number of carbonyl (C=O) groups is 1. The predicted molar refractivity (Wildman–Crippen MR) is 101 cm³/mol. The van der Waals surface area contributed by atoms with Crippen LogP contribution in [-0.2, 0) is 6.54 Å². The van der Waals surface area contributed by atoms with Gasteiger partial charge in [0, 0.05) is 23.6 Å². The number of hydrogen-bond donors (Lipinski definition) is 3. The maximum absolute atomic E-state index is 11.4. The van der Waals surface area contributed by atoms with E-state index in [-0.39, 0.29) is 0 Å². The van der Waals surface area contributed by atoms with Gasteiger partial charge in [-0.25, -0.2) is 4.79 Å². The Kier molecular flexibility index (Phi) is 4.08. The number of aromatic carboxylic acids is 1. The van der Waals surface area contributed by atoms with E-state index in [0.29, 0.717) is 34.9 Å². The molecule has 0 amide bonds. The fourth-order valence-electron chi connectivity index (χ4n) is 3.35. The van der Waals surface area contributed by atoms with Crippen molar-refractivity contribution < 1.29 is 9.90 Å². The summed E-state index contributed by atoms with van der Waals surface area (Å²) in [6, 6.07) is 11.6. The van der Waals surface area contributed by atoms with Crippen molar-refractivity contribution >= 4 is 22.8 Å². The topological polar surface area (TPSA) is 109 Å². The van der Waals surface area contributed by atoms with Crippen LogP contribution in [0.25, 0.3) is 16.6 Å². The van der Waals surface area contributed by atoms with Gasteiger partial charge in [0.05, 0.1) is 11.3 Å². The number of aromatic nitrogens is 5. The maximum atomic E-state index is 11.4. The second-order valence-corrected chi connectivity index (χ2v) is 6.38. The summed E-state index contributed by atoms with van der Waals surface area (Å²) in [6.07, 6.45) is 1.91. The molecule has 0 spiro atoms. The number of nitrogens with zero attached hydrogens (tertiary/aromatic N) is 4. The molecule has 4 aromatic rings. The van der Waals surface area contributed by atoms with Crippen LogP contribution in [0.4, 0.5) is 5.95 Å². The maximum Gasteiger partial charge on any atom is 0.336 e. The molecule has 8 nitrogen and oxygen atoms in total. The number of nitrogens with one attached hydrogen (secondary N) is 2. The van der Waals surface area contributed by atoms with Gasteiger partial charge in [-0.3, -0.25) is 0 Å². The lowest BCUT2D eigenvalue weighted by atomic mass is 10.0. The smallest absolute Gasteiger partial charge is 0.336 e. The van der Waals surface area contributed by atoms with Gasteiger partial charge in [0.25, 0.3) is 0 Å². The van der Waals surface area contributed by atoms with Crippen LogP contribution >= 0.6 is 0 Å². The van der Waals surface area contributed by atoms with Crippen molar-refractivity contribution in [2.24, 2.45) is 0 Å². The molecule has 2 aromatic heterocycles. The summed E-state index contributed by atoms with van der Waals surface area (Å²) in [6.45, 7) is 4.09. The van der Waals surface area contributed by atoms with Gasteiger partial charge in [0.1, 0.15) is 0 Å². The Balaban J connectivity index is 1.64. The fourth-order valence-corrected chi connectivity index (χ4v) is 3.35. The molecule has 0 aliphatic heterocycles. The third-order valence-electron chi connectivity index (χ3n) is 4.57. The van der Waals surface area contributed by atoms with Crippen molar-refractivity contribution in [3.8, 4) is 5.69 Å². The van der Waals surface area contributed by atoms with Gasteiger partial charge in [-0.2, -0.15) is 4.68 Å². The van der Waals surface area contributed by atoms with Gasteiger partial charge in [-0.15, -0.1) is 0 Å². The average Bonchev–Trinajstić information content (AvgIpc) is 3.28. The number of aryl methyl sites for hydroxylation is 2. The van der Waals surface area contributed by atoms with Crippen LogP contribution in [-0.4, -0.2) is 36.3 Å². The molecule has 0 saturated heterocycles. The number of rotatable bonds is 5. The predicted octanol–water partition coefficient (Wildman–Crippen LogP) is 3.07. The van der Waals surface area contributed by atoms with E-state index in [1.54, 1.807) is 30.7 Å². The zero-order valence-electron chi connectivity index (χ0n) is 14.9. The first-order valence-electron chi connectivity index (χ1n) is 8.47. The third-order valence-corrected chi connectivity index (χ3v) is 4.57. The molecule has 0 unspecified atom stereocenters. The molecule has 136 valence electrons. The SMILES string of the molecule is Cc1cc(-n2nnnc2NCc2cccc3[nH]ccc23)cc(C)c1C(=O)O. The lowest BCUT2D eigenvalue weighted by molar-refractivity contribution is 0.0695. The molecule has 2 heterocycles. The van der Waals surface area contributed by atoms with E-state index < -0.39 is 5.97 Å². The van der Waals surface area contributed by atoms with E-state index in [0.717, 1.165) is 16.5 Å². The number of aromatic amines is 1. The van der Waals surface area contributed by atoms with E-state index in [4.69, 9.17) is 0 Å². The highest BCUT2D eigenvalue weighted by atomic mass is 16.4. The first kappa shape index (κ1) is 16.8. The van der Waals surface area contributed by atoms with E-state index in [1.165, 1.54) is 0 Å². The molecule has 2 aromatic carbocycles. The molecule has 0 saturated carbocycles. The van der Waals surface area contributed by atoms with Crippen molar-refractivity contribution in [2.45, 2.75) is 20.4 Å². The monoisotopic (exact) mass is 362 g/mol. The van der Waals surface area contributed by atoms with Crippen LogP contribution in [0.2, 0.25) is 0 Å². The van der Waals surface area contributed by atoms with Crippen molar-refractivity contribution in [3.05, 3.63) is 64.8 Å². The van der Waals surface area contributed by atoms with Crippen molar-refractivity contribution in [1.82, 2.24) is 25.2 Å². The van der Waals surface area contributed by atoms with Crippen LogP contribution in [0.15, 0.2) is 42.6 Å². The van der Waals surface area contributed by atoms with Gasteiger partial charge < -0.3 is 15.4 Å². The largest absolute Gasteiger partial charge is 0.478 e. The number of carboxylic acid groups (broad SMARTS) is 1. The van der Waals surface area contributed by atoms with E-state index >= 15 is 0 Å². The Morgan fingerprint density at radius 2 is 2.00 bits per heavy atom. The average molecular weight is 362 g/mol. The van der Waals surface area contributed by atoms with E-state index in [2.05, 4.69) is 25.8 Å². The minimum absolute atomic E-state index is 0.306. The van der Waals surface area contributed by atoms with Gasteiger partial charge in [-0.05, 0) is 65.2 Å². The molecule has 0 fully saturated rings. The Labute approximate surface area is 154 Å². The van der Waals surface area contributed by atoms with Crippen LogP contribution in [0, 0.1) is 13.8 Å². The van der Waals surface area contributed by atoms with Gasteiger partial charge in [0.15, 0.2) is 0 Å². The van der Waals surface area contributed by atoms with Crippen LogP contribution < -0.4 is 5.32 Å². The van der Waals surface area contributed by atoms with Crippen molar-refractivity contribution in [2.75, 3.05) is 5.32 Å². The zero-order valence-corrected chi connectivity index (χ0v) is 14.9. The van der Waals surface area contributed by atoms with Gasteiger partial charge in [-0.1, -0.05) is 17.2 Å². The lowest BCUT2D eigenvalue weighted by Gasteiger charge is -2.11. The fraction of sp³-hybridized carbons (Fsp3) is 0.158. The van der Waals surface area contributed by atoms with Gasteiger partial charge >= 0.3 is 5.97 Å². The molecule has 27 heavy (non-hydrogen) atoms. The van der Waals surface area contributed by atoms with Crippen LogP contribution in [0.5, 0.6) is 0 Å². The number of anilines is 1. The van der Waals surface area contributed by atoms with Crippen LogP contribution in [0.1, 0.15) is 27.0 Å². The Morgan fingerprint density at radius 3 is 2.74 bits per heavy atom. The second kappa shape index (κ2) is 6.56. The van der Waals surface area contributed by atoms with Crippen molar-refractivity contribution in [1.29, 1.82) is 0 Å². The molecule has 0 radical (unpaired) electrons. The zero-order chi connectivity index (χ0) is 19.0. The summed E-state index contributed by atoms with van der Waals surface area (Å²) in [7, 11) is 0. The second-order valence-electron chi connectivity index (χ2n) is 6.38. The normalized spacial score (nSPS) is 11.0. The number of benzene rings is 2. The number of tetrazole rings is 1. The first-order chi connectivity index (χ1) is 13.0. The third kappa shape index (κ3) is 3.01. The lowest BCUT2D eigenvalue weighted by Crippen LogP contribution is -2.10. The molecule has 0 aliphatic carbocycles. The van der Waals surface area contributed by atoms with E-state index in [1.807, 2.05) is 30.5 Å². The number of carboxylic acids is 1. The molecule has 0 bridgehead atoms. The quantitative estimate of drug-likeness (QED) is 0.503. The minimum atomic E-state index is -0.939. The van der Waals surface area contributed by atoms with Gasteiger partial charge in [0.2, 0.25) is 5.95 Å². The Bertz CT molecular complexity index is 1120. The summed E-state index contributed by atoms with van der Waals surface area (Å²) >= 11 is 0. The Morgan fingerprint density at radius 1 is 1.22 bits per heavy atom. The Hall–Kier alpha value is -3.68. The summed E-state index contributed by atoms with van der Waals surface area (Å²) < 4.78 is 1.57. The molecular weight excluding hydrogens is 344 g/mol. The highest BCUT2D eigenvalue weighted by molar-refractivity contribution is 5.91. The highest BCUT2D eigenvalue weighted by Gasteiger charge is 2.15. The summed E-state index contributed by atoms with van der Waals surface area (Å²) in [5.74, 6) is -0.448. The summed E-state index contributed by atoms with van der Waals surface area (Å²) in [4.78, 5) is 14.6. The first-order valence-corrected chi connectivity index (χ1v) is 8.47. The van der Waals surface area contributed by atoms with E-state index in [9.17, 15) is 9.90 Å². The molecule has 4 rings (SSSR count). The minimum Gasteiger partial charge on any atom is -0.478 e. The molecule has 3 N–H and O–H groups in total. The highest BCUT2D eigenvalue weighted by Crippen LogP contribution is 2.22. The summed E-state index contributed by atoms with van der Waals surface area (Å²) in [5, 5.41) is 25.6. The molecule has 0 aliphatic rings. The van der Waals surface area contributed by atoms with Crippen LogP contribution in [0.3, 0.4) is 0 Å². The summed E-state index contributed by atoms with van der Waals surface area (Å²) in [5.41, 5.74) is 4.54. The number of hydrogen-bond acceptors (Lipinski definition) is 5. The van der Waals surface area contributed by atoms with Crippen molar-refractivity contribution in [3.63, 3.8) is 0 Å². The molecule has 0 atom stereocenters. The number of fused-ring (bicyclic) bond motifs is 1. The molecular formula is C19H18N6O2. The molecule has 8 heteroatoms. The standard InChI is InChI=1S/C19H18N6O2/c1-11-8-14(9-12(2)17(11)18(26)27)25-19(22-23-24-25)21-10-13-4-3-5-16-15(13)6-7-20-16/h3-9,20H,10H2,1-2H3,(H,26,27)(H,21,22,24).